The highest BCUT2D eigenvalue weighted by Crippen LogP contribution is 2.73. The summed E-state index contributed by atoms with van der Waals surface area (Å²) in [4.78, 5) is 0. The van der Waals surface area contributed by atoms with Crippen LogP contribution < -0.4 is 0 Å². The molecule has 1 heteroatoms. The van der Waals surface area contributed by atoms with Gasteiger partial charge in [0, 0.05) is 0 Å². The van der Waals surface area contributed by atoms with Gasteiger partial charge in [-0.3, -0.25) is 0 Å². The summed E-state index contributed by atoms with van der Waals surface area (Å²) in [6.45, 7) is 12.1. The third-order valence-corrected chi connectivity index (χ3v) is 10.3. The fourth-order valence-electron chi connectivity index (χ4n) is 8.81. The highest BCUT2D eigenvalue weighted by Gasteiger charge is 2.65. The van der Waals surface area contributed by atoms with Crippen LogP contribution in [0, 0.1) is 34.0 Å². The molecule has 1 N–H and O–H groups in total. The number of fused-ring (bicyclic) bond motifs is 5. The monoisotopic (exact) mass is 344 g/mol. The summed E-state index contributed by atoms with van der Waals surface area (Å²) in [6.07, 6.45) is 15.4. The van der Waals surface area contributed by atoms with Gasteiger partial charge in [-0.1, -0.05) is 32.4 Å². The fraction of sp³-hybridized carbons (Fsp3) is 0.917. The molecule has 0 saturated heterocycles. The lowest BCUT2D eigenvalue weighted by Gasteiger charge is -2.68. The molecule has 0 aromatic heterocycles. The van der Waals surface area contributed by atoms with Crippen LogP contribution in [0.4, 0.5) is 0 Å². The maximum absolute atomic E-state index is 10.8. The van der Waals surface area contributed by atoms with E-state index < -0.39 is 5.60 Å². The molecule has 0 heterocycles. The maximum Gasteiger partial charge on any atom is 0.0622 e. The molecule has 0 bridgehead atoms. The van der Waals surface area contributed by atoms with Gasteiger partial charge in [0.25, 0.3) is 0 Å². The standard InChI is InChI=1S/C24H40O/c1-6-17-8-10-19-20-11-9-18-16-21(3,25)12-15-24(18,7-2)23(20,5)14-13-22(17,19)4/h6,18-20,25H,7-16H2,1-5H3/b17-6-/t18-,19+,20+,21-,22-,23+,24+/m1/s1. The number of allylic oxidation sites excluding steroid dienone is 2. The molecule has 4 saturated carbocycles. The number of hydrogen-bond acceptors (Lipinski definition) is 1. The van der Waals surface area contributed by atoms with Crippen molar-refractivity contribution in [2.24, 2.45) is 34.0 Å². The van der Waals surface area contributed by atoms with Crippen molar-refractivity contribution in [3.05, 3.63) is 11.6 Å². The Bertz CT molecular complexity index is 575. The topological polar surface area (TPSA) is 20.2 Å². The van der Waals surface area contributed by atoms with Crippen LogP contribution in [0.2, 0.25) is 0 Å². The van der Waals surface area contributed by atoms with Crippen molar-refractivity contribution >= 4 is 0 Å². The van der Waals surface area contributed by atoms with Gasteiger partial charge >= 0.3 is 0 Å². The number of aliphatic hydroxyl groups is 1. The van der Waals surface area contributed by atoms with Crippen LogP contribution in [0.5, 0.6) is 0 Å². The Morgan fingerprint density at radius 1 is 1.00 bits per heavy atom. The van der Waals surface area contributed by atoms with Crippen molar-refractivity contribution < 1.29 is 5.11 Å². The Balaban J connectivity index is 1.73. The van der Waals surface area contributed by atoms with E-state index in [0.29, 0.717) is 16.2 Å². The largest absolute Gasteiger partial charge is 0.390 e. The lowest BCUT2D eigenvalue weighted by atomic mass is 9.37. The molecule has 1 nitrogen and oxygen atoms in total. The molecule has 4 aliphatic carbocycles. The fourth-order valence-corrected chi connectivity index (χ4v) is 8.81. The number of hydrogen-bond donors (Lipinski definition) is 1. The summed E-state index contributed by atoms with van der Waals surface area (Å²) in [5.74, 6) is 2.56. The third-order valence-electron chi connectivity index (χ3n) is 10.3. The van der Waals surface area contributed by atoms with E-state index >= 15 is 0 Å². The normalized spacial score (nSPS) is 57.0. The van der Waals surface area contributed by atoms with Gasteiger partial charge in [0.15, 0.2) is 0 Å². The molecule has 0 aromatic rings. The van der Waals surface area contributed by atoms with E-state index in [1.54, 1.807) is 5.57 Å². The van der Waals surface area contributed by atoms with E-state index in [0.717, 1.165) is 30.6 Å². The minimum atomic E-state index is -0.415. The second kappa shape index (κ2) is 5.60. The Morgan fingerprint density at radius 2 is 1.76 bits per heavy atom. The molecular formula is C24H40O. The summed E-state index contributed by atoms with van der Waals surface area (Å²) < 4.78 is 0. The van der Waals surface area contributed by atoms with Gasteiger partial charge in [-0.2, -0.15) is 0 Å². The van der Waals surface area contributed by atoms with E-state index in [1.165, 1.54) is 51.4 Å². The molecule has 0 aliphatic heterocycles. The molecular weight excluding hydrogens is 304 g/mol. The van der Waals surface area contributed by atoms with Gasteiger partial charge in [-0.15, -0.1) is 0 Å². The molecule has 0 radical (unpaired) electrons. The van der Waals surface area contributed by atoms with Gasteiger partial charge in [0.2, 0.25) is 0 Å². The first-order chi connectivity index (χ1) is 11.7. The molecule has 4 rings (SSSR count). The van der Waals surface area contributed by atoms with E-state index in [9.17, 15) is 5.11 Å². The predicted octanol–water partition coefficient (Wildman–Crippen LogP) is 6.51. The molecule has 0 unspecified atom stereocenters. The summed E-state index contributed by atoms with van der Waals surface area (Å²) in [6, 6.07) is 0. The van der Waals surface area contributed by atoms with Crippen LogP contribution in [-0.2, 0) is 0 Å². The lowest BCUT2D eigenvalue weighted by molar-refractivity contribution is -0.200. The van der Waals surface area contributed by atoms with Crippen molar-refractivity contribution in [2.75, 3.05) is 0 Å². The minimum Gasteiger partial charge on any atom is -0.390 e. The highest BCUT2D eigenvalue weighted by atomic mass is 16.3. The third kappa shape index (κ3) is 2.23. The second-order valence-corrected chi connectivity index (χ2v) is 10.9. The van der Waals surface area contributed by atoms with Crippen molar-refractivity contribution in [1.29, 1.82) is 0 Å². The molecule has 7 atom stereocenters. The molecule has 4 aliphatic rings. The second-order valence-electron chi connectivity index (χ2n) is 10.9. The zero-order valence-corrected chi connectivity index (χ0v) is 17.3. The first-order valence-corrected chi connectivity index (χ1v) is 11.1. The van der Waals surface area contributed by atoms with Gasteiger partial charge in [0.05, 0.1) is 5.60 Å². The lowest BCUT2D eigenvalue weighted by Crippen LogP contribution is -2.61. The molecule has 4 fully saturated rings. The van der Waals surface area contributed by atoms with Crippen LogP contribution in [0.3, 0.4) is 0 Å². The average Bonchev–Trinajstić information content (AvgIpc) is 2.90. The Labute approximate surface area is 155 Å². The Hall–Kier alpha value is -0.300. The summed E-state index contributed by atoms with van der Waals surface area (Å²) >= 11 is 0. The van der Waals surface area contributed by atoms with Crippen molar-refractivity contribution in [1.82, 2.24) is 0 Å². The molecule has 0 amide bonds. The summed E-state index contributed by atoms with van der Waals surface area (Å²) in [7, 11) is 0. The van der Waals surface area contributed by atoms with E-state index in [1.807, 2.05) is 0 Å². The van der Waals surface area contributed by atoms with Gasteiger partial charge in [-0.05, 0) is 112 Å². The molecule has 142 valence electrons. The zero-order chi connectivity index (χ0) is 18.1. The summed E-state index contributed by atoms with van der Waals surface area (Å²) in [5, 5.41) is 10.8. The van der Waals surface area contributed by atoms with Crippen LogP contribution >= 0.6 is 0 Å². The first kappa shape index (κ1) is 18.1. The van der Waals surface area contributed by atoms with Crippen LogP contribution in [0.15, 0.2) is 11.6 Å². The van der Waals surface area contributed by atoms with Gasteiger partial charge in [-0.25, -0.2) is 0 Å². The Morgan fingerprint density at radius 3 is 2.44 bits per heavy atom. The van der Waals surface area contributed by atoms with Crippen LogP contribution in [-0.4, -0.2) is 10.7 Å². The molecule has 0 spiro atoms. The van der Waals surface area contributed by atoms with E-state index in [2.05, 4.69) is 40.7 Å². The number of rotatable bonds is 1. The first-order valence-electron chi connectivity index (χ1n) is 11.1. The molecule has 25 heavy (non-hydrogen) atoms. The minimum absolute atomic E-state index is 0.415. The van der Waals surface area contributed by atoms with E-state index in [4.69, 9.17) is 0 Å². The maximum atomic E-state index is 10.8. The predicted molar refractivity (Wildman–Crippen MR) is 105 cm³/mol. The smallest absolute Gasteiger partial charge is 0.0622 e. The Kier molecular flexibility index (Phi) is 4.05. The van der Waals surface area contributed by atoms with Crippen LogP contribution in [0.1, 0.15) is 98.8 Å². The van der Waals surface area contributed by atoms with Gasteiger partial charge < -0.3 is 5.11 Å². The van der Waals surface area contributed by atoms with Crippen molar-refractivity contribution in [3.63, 3.8) is 0 Å². The highest BCUT2D eigenvalue weighted by molar-refractivity contribution is 5.25. The SMILES string of the molecule is C/C=C1/CC[C@H]2[C@@H]3CC[C@@H]4C[C@](C)(O)CC[C@]4(CC)[C@@]3(C)CC[C@]12C. The van der Waals surface area contributed by atoms with Crippen molar-refractivity contribution in [3.8, 4) is 0 Å². The molecule has 0 aromatic carbocycles. The quantitative estimate of drug-likeness (QED) is 0.538. The van der Waals surface area contributed by atoms with E-state index in [-0.39, 0.29) is 0 Å². The van der Waals surface area contributed by atoms with Crippen LogP contribution in [0.25, 0.3) is 0 Å². The van der Waals surface area contributed by atoms with Crippen molar-refractivity contribution in [2.45, 2.75) is 104 Å². The average molecular weight is 345 g/mol. The summed E-state index contributed by atoms with van der Waals surface area (Å²) in [5.41, 5.74) is 2.81. The zero-order valence-electron chi connectivity index (χ0n) is 17.3. The van der Waals surface area contributed by atoms with Gasteiger partial charge in [0.1, 0.15) is 0 Å².